The number of amides is 1. The number of benzene rings is 1. The van der Waals surface area contributed by atoms with E-state index < -0.39 is 5.54 Å². The van der Waals surface area contributed by atoms with Crippen LogP contribution in [0.4, 0.5) is 0 Å². The monoisotopic (exact) mass is 304 g/mol. The first-order chi connectivity index (χ1) is 9.91. The van der Waals surface area contributed by atoms with Gasteiger partial charge in [-0.2, -0.15) is 0 Å². The van der Waals surface area contributed by atoms with E-state index >= 15 is 0 Å². The predicted octanol–water partition coefficient (Wildman–Crippen LogP) is 2.89. The van der Waals surface area contributed by atoms with Crippen LogP contribution < -0.4 is 11.1 Å². The molecule has 1 aliphatic rings. The molecule has 0 unspecified atom stereocenters. The minimum absolute atomic E-state index is 0.00273. The molecular formula is C17H24N2OS. The molecule has 4 heteroatoms. The molecule has 0 spiro atoms. The van der Waals surface area contributed by atoms with Crippen molar-refractivity contribution in [1.82, 2.24) is 5.32 Å². The van der Waals surface area contributed by atoms with Crippen LogP contribution in [0.15, 0.2) is 24.3 Å². The highest BCUT2D eigenvalue weighted by atomic mass is 32.1. The van der Waals surface area contributed by atoms with Gasteiger partial charge >= 0.3 is 0 Å². The van der Waals surface area contributed by atoms with Crippen molar-refractivity contribution in [1.29, 1.82) is 0 Å². The van der Waals surface area contributed by atoms with Gasteiger partial charge in [-0.25, -0.2) is 0 Å². The number of carbonyl (C=O) groups excluding carboxylic acids is 1. The van der Waals surface area contributed by atoms with Crippen LogP contribution in [0.3, 0.4) is 0 Å². The van der Waals surface area contributed by atoms with E-state index in [0.717, 1.165) is 36.8 Å². The van der Waals surface area contributed by atoms with E-state index in [2.05, 4.69) is 12.2 Å². The van der Waals surface area contributed by atoms with Gasteiger partial charge in [-0.3, -0.25) is 4.79 Å². The van der Waals surface area contributed by atoms with E-state index in [1.54, 1.807) is 0 Å². The second-order valence-electron chi connectivity index (χ2n) is 6.34. The zero-order valence-electron chi connectivity index (χ0n) is 12.8. The topological polar surface area (TPSA) is 55.1 Å². The summed E-state index contributed by atoms with van der Waals surface area (Å²) < 4.78 is 0. The zero-order valence-corrected chi connectivity index (χ0v) is 13.6. The van der Waals surface area contributed by atoms with Gasteiger partial charge in [0.1, 0.15) is 0 Å². The number of hydrogen-bond acceptors (Lipinski definition) is 2. The lowest BCUT2D eigenvalue weighted by Crippen LogP contribution is -2.58. The van der Waals surface area contributed by atoms with Gasteiger partial charge in [-0.15, -0.1) is 0 Å². The average molecular weight is 304 g/mol. The third-order valence-electron chi connectivity index (χ3n) is 4.43. The number of hydrogen-bond donors (Lipinski definition) is 2. The average Bonchev–Trinajstić information content (AvgIpc) is 2.41. The summed E-state index contributed by atoms with van der Waals surface area (Å²) in [4.78, 5) is 12.8. The van der Waals surface area contributed by atoms with Gasteiger partial charge in [0, 0.05) is 0 Å². The molecule has 1 aliphatic carbocycles. The highest BCUT2D eigenvalue weighted by Gasteiger charge is 2.38. The highest BCUT2D eigenvalue weighted by Crippen LogP contribution is 2.32. The molecular weight excluding hydrogens is 280 g/mol. The summed E-state index contributed by atoms with van der Waals surface area (Å²) in [6.07, 6.45) is 4.19. The van der Waals surface area contributed by atoms with E-state index in [-0.39, 0.29) is 5.91 Å². The molecule has 114 valence electrons. The third kappa shape index (κ3) is 4.03. The van der Waals surface area contributed by atoms with E-state index in [4.69, 9.17) is 18.0 Å². The number of rotatable bonds is 4. The van der Waals surface area contributed by atoms with Crippen molar-refractivity contribution >= 4 is 23.1 Å². The lowest BCUT2D eigenvalue weighted by atomic mass is 9.77. The third-order valence-corrected chi connectivity index (χ3v) is 4.82. The minimum atomic E-state index is -0.483. The number of nitrogens with one attached hydrogen (secondary N) is 1. The molecule has 1 aromatic rings. The van der Waals surface area contributed by atoms with E-state index in [1.807, 2.05) is 31.2 Å². The largest absolute Gasteiger partial charge is 0.391 e. The Morgan fingerprint density at radius 2 is 2.10 bits per heavy atom. The van der Waals surface area contributed by atoms with Gasteiger partial charge in [-0.05, 0) is 44.1 Å². The fourth-order valence-corrected chi connectivity index (χ4v) is 3.26. The van der Waals surface area contributed by atoms with Crippen LogP contribution in [0.5, 0.6) is 0 Å². The molecule has 21 heavy (non-hydrogen) atoms. The zero-order chi connectivity index (χ0) is 15.5. The minimum Gasteiger partial charge on any atom is -0.391 e. The number of aryl methyl sites for hydroxylation is 1. The summed E-state index contributed by atoms with van der Waals surface area (Å²) in [5.74, 6) is 0.684. The fourth-order valence-electron chi connectivity index (χ4n) is 3.01. The van der Waals surface area contributed by atoms with Crippen molar-refractivity contribution in [3.8, 4) is 0 Å². The first-order valence-electron chi connectivity index (χ1n) is 7.58. The molecule has 3 N–H and O–H groups in total. The van der Waals surface area contributed by atoms with Crippen molar-refractivity contribution in [2.75, 3.05) is 0 Å². The Labute approximate surface area is 132 Å². The summed E-state index contributed by atoms with van der Waals surface area (Å²) >= 11 is 5.23. The highest BCUT2D eigenvalue weighted by molar-refractivity contribution is 7.80. The van der Waals surface area contributed by atoms with Crippen molar-refractivity contribution in [3.05, 3.63) is 35.4 Å². The second kappa shape index (κ2) is 6.56. The molecule has 1 fully saturated rings. The molecule has 0 aromatic heterocycles. The van der Waals surface area contributed by atoms with Crippen molar-refractivity contribution in [3.63, 3.8) is 0 Å². The maximum absolute atomic E-state index is 12.4. The van der Waals surface area contributed by atoms with Gasteiger partial charge in [-0.1, -0.05) is 49.0 Å². The Morgan fingerprint density at radius 3 is 2.67 bits per heavy atom. The predicted molar refractivity (Wildman–Crippen MR) is 90.2 cm³/mol. The molecule has 1 amide bonds. The summed E-state index contributed by atoms with van der Waals surface area (Å²) in [5, 5.41) is 3.12. The van der Waals surface area contributed by atoms with Crippen LogP contribution in [0.2, 0.25) is 0 Å². The molecule has 0 bridgehead atoms. The summed E-state index contributed by atoms with van der Waals surface area (Å²) in [6, 6.07) is 8.02. The standard InChI is InChI=1S/C17H24N2OS/c1-12-6-8-17(9-7-12,16(18)21)19-15(20)11-14-5-3-4-13(2)10-14/h3-5,10,12H,6-9,11H2,1-2H3,(H2,18,21)(H,19,20). The molecule has 0 radical (unpaired) electrons. The number of thiocarbonyl (C=S) groups is 1. The van der Waals surface area contributed by atoms with Crippen molar-refractivity contribution in [2.45, 2.75) is 51.5 Å². The second-order valence-corrected chi connectivity index (χ2v) is 6.78. The van der Waals surface area contributed by atoms with Gasteiger partial charge in [0.2, 0.25) is 5.91 Å². The number of carbonyl (C=O) groups is 1. The normalized spacial score (nSPS) is 25.3. The van der Waals surface area contributed by atoms with Crippen LogP contribution in [0.25, 0.3) is 0 Å². The Morgan fingerprint density at radius 1 is 1.43 bits per heavy atom. The molecule has 0 aliphatic heterocycles. The van der Waals surface area contributed by atoms with Gasteiger partial charge in [0.25, 0.3) is 0 Å². The summed E-state index contributed by atoms with van der Waals surface area (Å²) in [5.41, 5.74) is 7.63. The van der Waals surface area contributed by atoms with Gasteiger partial charge < -0.3 is 11.1 Å². The Balaban J connectivity index is 2.04. The van der Waals surface area contributed by atoms with Crippen LogP contribution in [-0.2, 0) is 11.2 Å². The molecule has 1 aromatic carbocycles. The van der Waals surface area contributed by atoms with Crippen molar-refractivity contribution in [2.24, 2.45) is 11.7 Å². The molecule has 0 heterocycles. The maximum atomic E-state index is 12.4. The molecule has 2 rings (SSSR count). The van der Waals surface area contributed by atoms with E-state index in [0.29, 0.717) is 17.3 Å². The van der Waals surface area contributed by atoms with Gasteiger partial charge in [0.15, 0.2) is 0 Å². The first kappa shape index (κ1) is 16.0. The summed E-state index contributed by atoms with van der Waals surface area (Å²) in [7, 11) is 0. The Bertz CT molecular complexity index is 533. The smallest absolute Gasteiger partial charge is 0.225 e. The first-order valence-corrected chi connectivity index (χ1v) is 7.98. The van der Waals surface area contributed by atoms with E-state index in [1.165, 1.54) is 0 Å². The van der Waals surface area contributed by atoms with Crippen LogP contribution in [0, 0.1) is 12.8 Å². The fraction of sp³-hybridized carbons (Fsp3) is 0.529. The lowest BCUT2D eigenvalue weighted by molar-refractivity contribution is -0.122. The van der Waals surface area contributed by atoms with Crippen LogP contribution in [0.1, 0.15) is 43.7 Å². The Hall–Kier alpha value is -1.42. The van der Waals surface area contributed by atoms with Crippen molar-refractivity contribution < 1.29 is 4.79 Å². The Kier molecular flexibility index (Phi) is 4.99. The van der Waals surface area contributed by atoms with Crippen LogP contribution in [-0.4, -0.2) is 16.4 Å². The number of nitrogens with two attached hydrogens (primary N) is 1. The molecule has 0 atom stereocenters. The SMILES string of the molecule is Cc1cccc(CC(=O)NC2(C(N)=S)CCC(C)CC2)c1. The van der Waals surface area contributed by atoms with Crippen LogP contribution >= 0.6 is 12.2 Å². The van der Waals surface area contributed by atoms with Gasteiger partial charge in [0.05, 0.1) is 16.9 Å². The van der Waals surface area contributed by atoms with E-state index in [9.17, 15) is 4.79 Å². The molecule has 3 nitrogen and oxygen atoms in total. The molecule has 1 saturated carbocycles. The summed E-state index contributed by atoms with van der Waals surface area (Å²) in [6.45, 7) is 4.26. The maximum Gasteiger partial charge on any atom is 0.225 e. The lowest BCUT2D eigenvalue weighted by Gasteiger charge is -2.39. The quantitative estimate of drug-likeness (QED) is 0.841. The molecule has 0 saturated heterocycles.